The normalized spacial score (nSPS) is 23.7. The van der Waals surface area contributed by atoms with Gasteiger partial charge >= 0.3 is 5.97 Å². The Morgan fingerprint density at radius 3 is 2.35 bits per heavy atom. The third-order valence-corrected chi connectivity index (χ3v) is 8.26. The summed E-state index contributed by atoms with van der Waals surface area (Å²) in [6, 6.07) is 8.88. The van der Waals surface area contributed by atoms with E-state index in [1.54, 1.807) is 0 Å². The lowest BCUT2D eigenvalue weighted by Gasteiger charge is -2.39. The van der Waals surface area contributed by atoms with Crippen LogP contribution >= 0.6 is 0 Å². The van der Waals surface area contributed by atoms with E-state index in [0.717, 1.165) is 37.0 Å². The first-order valence-electron chi connectivity index (χ1n) is 13.2. The van der Waals surface area contributed by atoms with Gasteiger partial charge in [-0.3, -0.25) is 9.59 Å². The van der Waals surface area contributed by atoms with Gasteiger partial charge in [0.25, 0.3) is 5.56 Å². The average Bonchev–Trinajstić information content (AvgIpc) is 3.33. The van der Waals surface area contributed by atoms with Crippen LogP contribution in [0.25, 0.3) is 11.0 Å². The molecule has 7 heteroatoms. The van der Waals surface area contributed by atoms with Crippen LogP contribution in [0.1, 0.15) is 70.3 Å². The van der Waals surface area contributed by atoms with Gasteiger partial charge in [-0.05, 0) is 44.2 Å². The highest BCUT2D eigenvalue weighted by Gasteiger charge is 2.33. The second-order valence-electron chi connectivity index (χ2n) is 10.3. The Balaban J connectivity index is 1.38. The van der Waals surface area contributed by atoms with E-state index in [2.05, 4.69) is 4.90 Å². The molecule has 3 aliphatic rings. The summed E-state index contributed by atoms with van der Waals surface area (Å²) in [5.41, 5.74) is 1.75. The zero-order chi connectivity index (χ0) is 23.5. The number of likely N-dealkylation sites (tertiary alicyclic amines) is 1. The number of methoxy groups -OCH3 is 1. The third kappa shape index (κ3) is 4.72. The van der Waals surface area contributed by atoms with Gasteiger partial charge < -0.3 is 19.1 Å². The SMILES string of the molecule is COC(=O)C1CCN(c2nc3ccccc3n(C3CCN(C4CCCCCCC4)CC3)c2=O)C1. The molecule has 1 aromatic carbocycles. The number of aromatic nitrogens is 2. The lowest BCUT2D eigenvalue weighted by Crippen LogP contribution is -2.44. The minimum Gasteiger partial charge on any atom is -0.469 e. The average molecular weight is 467 g/mol. The van der Waals surface area contributed by atoms with Crippen molar-refractivity contribution in [1.29, 1.82) is 0 Å². The maximum atomic E-state index is 13.8. The van der Waals surface area contributed by atoms with Crippen molar-refractivity contribution in [1.82, 2.24) is 14.5 Å². The molecule has 1 saturated carbocycles. The van der Waals surface area contributed by atoms with Crippen LogP contribution in [0.15, 0.2) is 29.1 Å². The van der Waals surface area contributed by atoms with E-state index in [4.69, 9.17) is 9.72 Å². The van der Waals surface area contributed by atoms with E-state index >= 15 is 0 Å². The zero-order valence-corrected chi connectivity index (χ0v) is 20.5. The summed E-state index contributed by atoms with van der Waals surface area (Å²) in [6.45, 7) is 3.26. The van der Waals surface area contributed by atoms with Crippen LogP contribution in [0.4, 0.5) is 5.82 Å². The van der Waals surface area contributed by atoms with Crippen molar-refractivity contribution in [3.05, 3.63) is 34.6 Å². The fourth-order valence-corrected chi connectivity index (χ4v) is 6.33. The predicted molar refractivity (Wildman–Crippen MR) is 134 cm³/mol. The quantitative estimate of drug-likeness (QED) is 0.631. The number of ether oxygens (including phenoxy) is 1. The molecule has 2 aromatic rings. The first-order valence-corrected chi connectivity index (χ1v) is 13.2. The van der Waals surface area contributed by atoms with Gasteiger partial charge in [-0.25, -0.2) is 4.98 Å². The van der Waals surface area contributed by atoms with Gasteiger partial charge in [-0.2, -0.15) is 0 Å². The van der Waals surface area contributed by atoms with E-state index in [1.165, 1.54) is 52.1 Å². The van der Waals surface area contributed by atoms with Crippen molar-refractivity contribution in [3.8, 4) is 0 Å². The minimum absolute atomic E-state index is 0.0198. The molecule has 0 N–H and O–H groups in total. The Bertz CT molecular complexity index is 1050. The predicted octanol–water partition coefficient (Wildman–Crippen LogP) is 4.15. The Kier molecular flexibility index (Phi) is 7.18. The molecule has 1 atom stereocenters. The van der Waals surface area contributed by atoms with Gasteiger partial charge in [0.1, 0.15) is 0 Å². The van der Waals surface area contributed by atoms with Crippen molar-refractivity contribution in [2.75, 3.05) is 38.2 Å². The monoisotopic (exact) mass is 466 g/mol. The maximum absolute atomic E-state index is 13.8. The fraction of sp³-hybridized carbons (Fsp3) is 0.667. The number of para-hydroxylation sites is 2. The minimum atomic E-state index is -0.204. The molecule has 0 radical (unpaired) electrons. The van der Waals surface area contributed by atoms with Crippen LogP contribution in [0.3, 0.4) is 0 Å². The van der Waals surface area contributed by atoms with Gasteiger partial charge in [0.15, 0.2) is 5.82 Å². The van der Waals surface area contributed by atoms with Crippen molar-refractivity contribution >= 4 is 22.8 Å². The summed E-state index contributed by atoms with van der Waals surface area (Å²) in [4.78, 5) is 35.3. The van der Waals surface area contributed by atoms with Crippen LogP contribution in [-0.2, 0) is 9.53 Å². The first-order chi connectivity index (χ1) is 16.7. The number of nitrogens with zero attached hydrogens (tertiary/aromatic N) is 4. The van der Waals surface area contributed by atoms with Gasteiger partial charge in [0, 0.05) is 38.3 Å². The number of carbonyl (C=O) groups excluding carboxylic acids is 1. The van der Waals surface area contributed by atoms with Crippen LogP contribution < -0.4 is 10.5 Å². The molecule has 1 unspecified atom stereocenters. The second kappa shape index (κ2) is 10.5. The highest BCUT2D eigenvalue weighted by molar-refractivity contribution is 5.77. The Labute approximate surface area is 202 Å². The number of hydrogen-bond donors (Lipinski definition) is 0. The molecule has 1 aliphatic carbocycles. The van der Waals surface area contributed by atoms with Crippen molar-refractivity contribution in [2.24, 2.45) is 5.92 Å². The summed E-state index contributed by atoms with van der Waals surface area (Å²) in [6.07, 6.45) is 12.2. The molecule has 0 bridgehead atoms. The van der Waals surface area contributed by atoms with Crippen molar-refractivity contribution in [2.45, 2.75) is 76.3 Å². The van der Waals surface area contributed by atoms with E-state index in [0.29, 0.717) is 31.4 Å². The standard InChI is InChI=1S/C27H38N4O3/c1-34-27(33)20-13-16-30(19-20)25-26(32)31(24-12-8-7-11-23(24)28-25)22-14-17-29(18-15-22)21-9-5-3-2-4-6-10-21/h7-8,11-12,20-22H,2-6,9-10,13-19H2,1H3. The molecule has 0 amide bonds. The summed E-state index contributed by atoms with van der Waals surface area (Å²) in [5.74, 6) is 0.0795. The topological polar surface area (TPSA) is 67.7 Å². The van der Waals surface area contributed by atoms with Gasteiger partial charge in [0.2, 0.25) is 0 Å². The Morgan fingerprint density at radius 1 is 0.912 bits per heavy atom. The van der Waals surface area contributed by atoms with Crippen LogP contribution in [0.5, 0.6) is 0 Å². The molecule has 5 rings (SSSR count). The largest absolute Gasteiger partial charge is 0.469 e. The van der Waals surface area contributed by atoms with Crippen LogP contribution in [0.2, 0.25) is 0 Å². The highest BCUT2D eigenvalue weighted by atomic mass is 16.5. The number of benzene rings is 1. The lowest BCUT2D eigenvalue weighted by atomic mass is 9.93. The third-order valence-electron chi connectivity index (χ3n) is 8.26. The van der Waals surface area contributed by atoms with E-state index in [1.807, 2.05) is 33.7 Å². The van der Waals surface area contributed by atoms with E-state index in [9.17, 15) is 9.59 Å². The molecule has 2 aliphatic heterocycles. The van der Waals surface area contributed by atoms with Gasteiger partial charge in [-0.1, -0.05) is 44.2 Å². The number of fused-ring (bicyclic) bond motifs is 1. The Hall–Kier alpha value is -2.41. The molecule has 1 aromatic heterocycles. The number of carbonyl (C=O) groups is 1. The lowest BCUT2D eigenvalue weighted by molar-refractivity contribution is -0.144. The van der Waals surface area contributed by atoms with E-state index < -0.39 is 0 Å². The number of rotatable bonds is 4. The van der Waals surface area contributed by atoms with Crippen molar-refractivity contribution in [3.63, 3.8) is 0 Å². The molecular formula is C27H38N4O3. The fourth-order valence-electron chi connectivity index (χ4n) is 6.33. The van der Waals surface area contributed by atoms with Crippen LogP contribution in [-0.4, -0.2) is 59.8 Å². The maximum Gasteiger partial charge on any atom is 0.310 e. The Morgan fingerprint density at radius 2 is 1.62 bits per heavy atom. The molecular weight excluding hydrogens is 428 g/mol. The molecule has 2 saturated heterocycles. The van der Waals surface area contributed by atoms with Crippen molar-refractivity contribution < 1.29 is 9.53 Å². The highest BCUT2D eigenvalue weighted by Crippen LogP contribution is 2.30. The number of esters is 1. The second-order valence-corrected chi connectivity index (χ2v) is 10.3. The van der Waals surface area contributed by atoms with Gasteiger partial charge in [0.05, 0.1) is 24.1 Å². The number of anilines is 1. The summed E-state index contributed by atoms with van der Waals surface area (Å²) in [7, 11) is 1.43. The van der Waals surface area contributed by atoms with Gasteiger partial charge in [-0.15, -0.1) is 0 Å². The zero-order valence-electron chi connectivity index (χ0n) is 20.5. The number of hydrogen-bond acceptors (Lipinski definition) is 6. The molecule has 0 spiro atoms. The molecule has 3 fully saturated rings. The summed E-state index contributed by atoms with van der Waals surface area (Å²) >= 11 is 0. The van der Waals surface area contributed by atoms with E-state index in [-0.39, 0.29) is 23.5 Å². The summed E-state index contributed by atoms with van der Waals surface area (Å²) in [5, 5.41) is 0. The number of piperidine rings is 1. The molecule has 3 heterocycles. The first kappa shape index (κ1) is 23.3. The van der Waals surface area contributed by atoms with Crippen LogP contribution in [0, 0.1) is 5.92 Å². The molecule has 184 valence electrons. The molecule has 7 nitrogen and oxygen atoms in total. The summed E-state index contributed by atoms with van der Waals surface area (Å²) < 4.78 is 6.95. The smallest absolute Gasteiger partial charge is 0.310 e. The molecule has 34 heavy (non-hydrogen) atoms.